The summed E-state index contributed by atoms with van der Waals surface area (Å²) in [5.74, 6) is -0.0514. The number of amides is 2. The summed E-state index contributed by atoms with van der Waals surface area (Å²) in [7, 11) is 0. The molecule has 0 radical (unpaired) electrons. The molecule has 1 heterocycles. The van der Waals surface area contributed by atoms with Gasteiger partial charge in [0.05, 0.1) is 11.7 Å². The van der Waals surface area contributed by atoms with Gasteiger partial charge in [0, 0.05) is 5.38 Å². The van der Waals surface area contributed by atoms with Crippen LogP contribution in [0, 0.1) is 11.8 Å². The number of aromatic nitrogens is 1. The molecule has 0 saturated carbocycles. The number of hydrogen-bond donors (Lipinski definition) is 2. The van der Waals surface area contributed by atoms with Crippen molar-refractivity contribution in [2.45, 2.75) is 59.2 Å². The van der Waals surface area contributed by atoms with Gasteiger partial charge in [-0.15, -0.1) is 11.3 Å². The minimum Gasteiger partial charge on any atom is -0.445 e. The first kappa shape index (κ1) is 28.8. The van der Waals surface area contributed by atoms with Gasteiger partial charge in [-0.05, 0) is 42.4 Å². The van der Waals surface area contributed by atoms with Gasteiger partial charge in [-0.2, -0.15) is 0 Å². The molecule has 202 valence electrons. The van der Waals surface area contributed by atoms with Crippen molar-refractivity contribution >= 4 is 29.3 Å². The monoisotopic (exact) mass is 537 g/mol. The molecule has 0 aliphatic carbocycles. The Morgan fingerprint density at radius 3 is 2.13 bits per heavy atom. The fourth-order valence-electron chi connectivity index (χ4n) is 3.79. The van der Waals surface area contributed by atoms with Crippen LogP contribution in [-0.2, 0) is 16.1 Å². The SMILES string of the molecule is CC(C)CC(NC(=O)[C@H](CC(C)C)NC(=O)OCc1ccccc1)c1csc(C(=O)Oc2ccccc2)n1. The number of alkyl carbamates (subject to hydrolysis) is 1. The van der Waals surface area contributed by atoms with E-state index in [2.05, 4.69) is 15.6 Å². The van der Waals surface area contributed by atoms with E-state index in [-0.39, 0.29) is 29.4 Å². The number of hydrogen-bond acceptors (Lipinski definition) is 7. The van der Waals surface area contributed by atoms with Crippen LogP contribution in [0.3, 0.4) is 0 Å². The maximum atomic E-state index is 13.3. The molecule has 0 aliphatic heterocycles. The van der Waals surface area contributed by atoms with Crippen molar-refractivity contribution in [3.63, 3.8) is 0 Å². The minimum absolute atomic E-state index is 0.110. The van der Waals surface area contributed by atoms with Crippen molar-refractivity contribution in [3.8, 4) is 5.75 Å². The molecule has 2 atom stereocenters. The first-order chi connectivity index (χ1) is 18.2. The highest BCUT2D eigenvalue weighted by Crippen LogP contribution is 2.25. The largest absolute Gasteiger partial charge is 0.445 e. The van der Waals surface area contributed by atoms with Crippen LogP contribution in [0.4, 0.5) is 4.79 Å². The molecular formula is C29H35N3O5S. The van der Waals surface area contributed by atoms with Gasteiger partial charge in [-0.1, -0.05) is 76.2 Å². The number of carbonyl (C=O) groups excluding carboxylic acids is 3. The molecule has 1 unspecified atom stereocenters. The van der Waals surface area contributed by atoms with Crippen LogP contribution in [-0.4, -0.2) is 29.0 Å². The topological polar surface area (TPSA) is 107 Å². The van der Waals surface area contributed by atoms with E-state index in [0.717, 1.165) is 5.56 Å². The van der Waals surface area contributed by atoms with E-state index in [1.54, 1.807) is 29.6 Å². The molecular weight excluding hydrogens is 502 g/mol. The zero-order valence-electron chi connectivity index (χ0n) is 22.2. The number of nitrogens with one attached hydrogen (secondary N) is 2. The zero-order valence-corrected chi connectivity index (χ0v) is 23.0. The number of nitrogens with zero attached hydrogens (tertiary/aromatic N) is 1. The first-order valence-electron chi connectivity index (χ1n) is 12.7. The van der Waals surface area contributed by atoms with Crippen LogP contribution in [0.5, 0.6) is 5.75 Å². The lowest BCUT2D eigenvalue weighted by Crippen LogP contribution is -2.48. The van der Waals surface area contributed by atoms with E-state index in [1.807, 2.05) is 64.1 Å². The Hall–Kier alpha value is -3.72. The van der Waals surface area contributed by atoms with Crippen molar-refractivity contribution < 1.29 is 23.9 Å². The van der Waals surface area contributed by atoms with Gasteiger partial charge >= 0.3 is 12.1 Å². The molecule has 3 aromatic rings. The highest BCUT2D eigenvalue weighted by molar-refractivity contribution is 7.11. The minimum atomic E-state index is -0.783. The second-order valence-electron chi connectivity index (χ2n) is 9.86. The highest BCUT2D eigenvalue weighted by atomic mass is 32.1. The maximum absolute atomic E-state index is 13.3. The lowest BCUT2D eigenvalue weighted by atomic mass is 9.99. The van der Waals surface area contributed by atoms with Crippen LogP contribution in [0.2, 0.25) is 0 Å². The molecule has 2 N–H and O–H groups in total. The van der Waals surface area contributed by atoms with Gasteiger partial charge in [0.25, 0.3) is 0 Å². The summed E-state index contributed by atoms with van der Waals surface area (Å²) in [5.41, 5.74) is 1.43. The molecule has 0 fully saturated rings. The van der Waals surface area contributed by atoms with Crippen molar-refractivity contribution in [1.82, 2.24) is 15.6 Å². The Balaban J connectivity index is 1.67. The smallest absolute Gasteiger partial charge is 0.408 e. The molecule has 1 aromatic heterocycles. The van der Waals surface area contributed by atoms with Crippen molar-refractivity contribution in [2.24, 2.45) is 11.8 Å². The number of rotatable bonds is 12. The molecule has 38 heavy (non-hydrogen) atoms. The number of ether oxygens (including phenoxy) is 2. The van der Waals surface area contributed by atoms with Crippen LogP contribution in [0.15, 0.2) is 66.0 Å². The Morgan fingerprint density at radius 2 is 1.50 bits per heavy atom. The standard InChI is InChI=1S/C29H35N3O5S/c1-19(2)15-23(25-18-38-27(31-25)28(34)37-22-13-9-6-10-14-22)30-26(33)24(16-20(3)4)32-29(35)36-17-21-11-7-5-8-12-21/h5-14,18-20,23-24H,15-17H2,1-4H3,(H,30,33)(H,32,35)/t23?,24-/m0/s1. The van der Waals surface area contributed by atoms with Crippen molar-refractivity contribution in [1.29, 1.82) is 0 Å². The van der Waals surface area contributed by atoms with Gasteiger partial charge in [-0.3, -0.25) is 4.79 Å². The molecule has 0 bridgehead atoms. The first-order valence-corrected chi connectivity index (χ1v) is 13.6. The van der Waals surface area contributed by atoms with E-state index in [4.69, 9.17) is 9.47 Å². The summed E-state index contributed by atoms with van der Waals surface area (Å²) < 4.78 is 10.7. The van der Waals surface area contributed by atoms with Gasteiger partial charge in [0.1, 0.15) is 18.4 Å². The van der Waals surface area contributed by atoms with Crippen LogP contribution >= 0.6 is 11.3 Å². The van der Waals surface area contributed by atoms with E-state index in [0.29, 0.717) is 24.3 Å². The predicted octanol–water partition coefficient (Wildman–Crippen LogP) is 5.91. The van der Waals surface area contributed by atoms with Crippen molar-refractivity contribution in [3.05, 3.63) is 82.3 Å². The zero-order chi connectivity index (χ0) is 27.5. The third-order valence-corrected chi connectivity index (χ3v) is 6.40. The predicted molar refractivity (Wildman–Crippen MR) is 147 cm³/mol. The summed E-state index contributed by atoms with van der Waals surface area (Å²) in [4.78, 5) is 42.9. The number of carbonyl (C=O) groups is 3. The second kappa shape index (κ2) is 14.3. The maximum Gasteiger partial charge on any atom is 0.408 e. The molecule has 0 aliphatic rings. The average Bonchev–Trinajstić information content (AvgIpc) is 3.38. The Bertz CT molecular complexity index is 1180. The fraction of sp³-hybridized carbons (Fsp3) is 0.379. The number of para-hydroxylation sites is 1. The molecule has 9 heteroatoms. The summed E-state index contributed by atoms with van der Waals surface area (Å²) in [6, 6.07) is 16.9. The normalized spacial score (nSPS) is 12.6. The summed E-state index contributed by atoms with van der Waals surface area (Å²) >= 11 is 1.17. The average molecular weight is 538 g/mol. The summed E-state index contributed by atoms with van der Waals surface area (Å²) in [6.45, 7) is 8.16. The van der Waals surface area contributed by atoms with Crippen LogP contribution in [0.25, 0.3) is 0 Å². The van der Waals surface area contributed by atoms with E-state index >= 15 is 0 Å². The molecule has 0 spiro atoms. The molecule has 0 saturated heterocycles. The lowest BCUT2D eigenvalue weighted by Gasteiger charge is -2.24. The lowest BCUT2D eigenvalue weighted by molar-refractivity contribution is -0.124. The summed E-state index contributed by atoms with van der Waals surface area (Å²) in [5, 5.41) is 7.71. The van der Waals surface area contributed by atoms with Gasteiger partial charge < -0.3 is 20.1 Å². The van der Waals surface area contributed by atoms with Gasteiger partial charge in [0.2, 0.25) is 10.9 Å². The fourth-order valence-corrected chi connectivity index (χ4v) is 4.53. The number of esters is 1. The molecule has 8 nitrogen and oxygen atoms in total. The Labute approximate surface area is 227 Å². The third kappa shape index (κ3) is 9.30. The van der Waals surface area contributed by atoms with Gasteiger partial charge in [-0.25, -0.2) is 14.6 Å². The van der Waals surface area contributed by atoms with E-state index < -0.39 is 24.1 Å². The molecule has 2 amide bonds. The molecule has 2 aromatic carbocycles. The van der Waals surface area contributed by atoms with Crippen LogP contribution < -0.4 is 15.4 Å². The van der Waals surface area contributed by atoms with E-state index in [9.17, 15) is 14.4 Å². The summed E-state index contributed by atoms with van der Waals surface area (Å²) in [6.07, 6.45) is 0.386. The number of benzene rings is 2. The van der Waals surface area contributed by atoms with Gasteiger partial charge in [0.15, 0.2) is 0 Å². The molecule has 3 rings (SSSR count). The van der Waals surface area contributed by atoms with Crippen LogP contribution in [0.1, 0.15) is 67.6 Å². The van der Waals surface area contributed by atoms with Crippen molar-refractivity contribution in [2.75, 3.05) is 0 Å². The quantitative estimate of drug-likeness (QED) is 0.220. The third-order valence-electron chi connectivity index (χ3n) is 5.56. The highest BCUT2D eigenvalue weighted by Gasteiger charge is 2.27. The Morgan fingerprint density at radius 1 is 0.868 bits per heavy atom. The van der Waals surface area contributed by atoms with E-state index in [1.165, 1.54) is 11.3 Å². The Kier molecular flexibility index (Phi) is 10.8. The number of thiazole rings is 1. The second-order valence-corrected chi connectivity index (χ2v) is 10.7.